The van der Waals surface area contributed by atoms with Crippen LogP contribution in [0.1, 0.15) is 10.4 Å². The number of ketones is 1. The third-order valence-corrected chi connectivity index (χ3v) is 3.51. The first-order valence-electron chi connectivity index (χ1n) is 5.37. The summed E-state index contributed by atoms with van der Waals surface area (Å²) in [5, 5.41) is 0.839. The lowest BCUT2D eigenvalue weighted by Crippen LogP contribution is -2.44. The number of carbonyl (C=O) groups excluding carboxylic acids is 1. The molecule has 17 heavy (non-hydrogen) atoms. The van der Waals surface area contributed by atoms with Crippen molar-refractivity contribution in [1.29, 1.82) is 0 Å². The van der Waals surface area contributed by atoms with E-state index in [-0.39, 0.29) is 5.78 Å². The quantitative estimate of drug-likeness (QED) is 0.776. The minimum atomic E-state index is -0.411. The Morgan fingerprint density at radius 3 is 2.82 bits per heavy atom. The van der Waals surface area contributed by atoms with Gasteiger partial charge in [-0.05, 0) is 25.2 Å². The van der Waals surface area contributed by atoms with Gasteiger partial charge in [-0.15, -0.1) is 0 Å². The molecule has 1 unspecified atom stereocenters. The van der Waals surface area contributed by atoms with Crippen molar-refractivity contribution in [3.8, 4) is 0 Å². The van der Waals surface area contributed by atoms with Crippen molar-refractivity contribution in [2.75, 3.05) is 26.7 Å². The maximum Gasteiger partial charge on any atom is 0.192 e. The lowest BCUT2D eigenvalue weighted by molar-refractivity contribution is -0.00862. The van der Waals surface area contributed by atoms with Crippen LogP contribution in [0.5, 0.6) is 0 Å². The predicted octanol–water partition coefficient (Wildman–Crippen LogP) is 2.51. The number of hydrogen-bond acceptors (Lipinski definition) is 3. The molecular formula is C12H13Cl2NO2. The Morgan fingerprint density at radius 2 is 2.18 bits per heavy atom. The summed E-state index contributed by atoms with van der Waals surface area (Å²) < 4.78 is 5.47. The van der Waals surface area contributed by atoms with Gasteiger partial charge in [0.05, 0.1) is 16.7 Å². The van der Waals surface area contributed by atoms with E-state index < -0.39 is 6.10 Å². The van der Waals surface area contributed by atoms with Crippen molar-refractivity contribution < 1.29 is 9.53 Å². The lowest BCUT2D eigenvalue weighted by Gasteiger charge is -2.29. The number of morpholine rings is 1. The van der Waals surface area contributed by atoms with E-state index in [1.54, 1.807) is 18.2 Å². The van der Waals surface area contributed by atoms with Crippen LogP contribution in [0.25, 0.3) is 0 Å². The highest BCUT2D eigenvalue weighted by Gasteiger charge is 2.26. The van der Waals surface area contributed by atoms with E-state index in [1.807, 2.05) is 7.05 Å². The summed E-state index contributed by atoms with van der Waals surface area (Å²) in [6, 6.07) is 4.89. The number of hydrogen-bond donors (Lipinski definition) is 0. The normalized spacial score (nSPS) is 21.5. The average Bonchev–Trinajstić information content (AvgIpc) is 2.32. The van der Waals surface area contributed by atoms with Gasteiger partial charge in [-0.25, -0.2) is 0 Å². The standard InChI is InChI=1S/C12H13Cl2NO2/c1-15-4-5-17-11(7-15)12(16)8-2-3-9(13)10(14)6-8/h2-3,6,11H,4-5,7H2,1H3. The van der Waals surface area contributed by atoms with Crippen molar-refractivity contribution in [3.63, 3.8) is 0 Å². The zero-order valence-corrected chi connectivity index (χ0v) is 11.0. The second-order valence-electron chi connectivity index (χ2n) is 4.11. The SMILES string of the molecule is CN1CCOC(C(=O)c2ccc(Cl)c(Cl)c2)C1. The first-order chi connectivity index (χ1) is 8.08. The van der Waals surface area contributed by atoms with Gasteiger partial charge in [0.15, 0.2) is 5.78 Å². The maximum absolute atomic E-state index is 12.2. The van der Waals surface area contributed by atoms with Crippen LogP contribution < -0.4 is 0 Å². The Morgan fingerprint density at radius 1 is 1.41 bits per heavy atom. The fraction of sp³-hybridized carbons (Fsp3) is 0.417. The van der Waals surface area contributed by atoms with Crippen LogP contribution in [-0.2, 0) is 4.74 Å². The van der Waals surface area contributed by atoms with Crippen LogP contribution >= 0.6 is 23.2 Å². The summed E-state index contributed by atoms with van der Waals surface area (Å²) in [6.07, 6.45) is -0.411. The number of nitrogens with zero attached hydrogens (tertiary/aromatic N) is 1. The van der Waals surface area contributed by atoms with Gasteiger partial charge in [-0.3, -0.25) is 4.79 Å². The van der Waals surface area contributed by atoms with Crippen LogP contribution in [0.4, 0.5) is 0 Å². The number of ether oxygens (including phenoxy) is 1. The minimum absolute atomic E-state index is 0.0462. The van der Waals surface area contributed by atoms with Crippen LogP contribution in [0, 0.1) is 0 Å². The van der Waals surface area contributed by atoms with Crippen molar-refractivity contribution in [3.05, 3.63) is 33.8 Å². The second-order valence-corrected chi connectivity index (χ2v) is 4.93. The molecule has 1 aromatic rings. The van der Waals surface area contributed by atoms with E-state index >= 15 is 0 Å². The summed E-state index contributed by atoms with van der Waals surface area (Å²) in [5.74, 6) is -0.0462. The van der Waals surface area contributed by atoms with E-state index in [0.717, 1.165) is 6.54 Å². The molecule has 3 nitrogen and oxygen atoms in total. The molecule has 1 atom stereocenters. The molecular weight excluding hydrogens is 261 g/mol. The molecule has 1 saturated heterocycles. The largest absolute Gasteiger partial charge is 0.367 e. The zero-order chi connectivity index (χ0) is 12.4. The molecule has 1 heterocycles. The Bertz CT molecular complexity index is 437. The Hall–Kier alpha value is -0.610. The van der Waals surface area contributed by atoms with E-state index in [9.17, 15) is 4.79 Å². The van der Waals surface area contributed by atoms with Gasteiger partial charge in [-0.1, -0.05) is 23.2 Å². The Labute approximate surface area is 110 Å². The summed E-state index contributed by atoms with van der Waals surface area (Å²) >= 11 is 11.7. The lowest BCUT2D eigenvalue weighted by atomic mass is 10.1. The van der Waals surface area contributed by atoms with Crippen LogP contribution in [0.2, 0.25) is 10.0 Å². The molecule has 0 aromatic heterocycles. The fourth-order valence-electron chi connectivity index (χ4n) is 1.77. The summed E-state index contributed by atoms with van der Waals surface area (Å²) in [5.41, 5.74) is 0.541. The van der Waals surface area contributed by atoms with Crippen LogP contribution in [0.3, 0.4) is 0 Å². The fourth-order valence-corrected chi connectivity index (χ4v) is 2.07. The van der Waals surface area contributed by atoms with Gasteiger partial charge < -0.3 is 9.64 Å². The first kappa shape index (κ1) is 12.8. The van der Waals surface area contributed by atoms with Gasteiger partial charge in [0.25, 0.3) is 0 Å². The molecule has 1 fully saturated rings. The number of likely N-dealkylation sites (N-methyl/N-ethyl adjacent to an activating group) is 1. The molecule has 92 valence electrons. The molecule has 0 radical (unpaired) electrons. The smallest absolute Gasteiger partial charge is 0.192 e. The Balaban J connectivity index is 2.15. The monoisotopic (exact) mass is 273 g/mol. The number of halogens is 2. The average molecular weight is 274 g/mol. The van der Waals surface area contributed by atoms with E-state index in [1.165, 1.54) is 0 Å². The van der Waals surface area contributed by atoms with Crippen molar-refractivity contribution in [1.82, 2.24) is 4.90 Å². The van der Waals surface area contributed by atoms with Gasteiger partial charge in [-0.2, -0.15) is 0 Å². The number of rotatable bonds is 2. The van der Waals surface area contributed by atoms with Crippen LogP contribution in [-0.4, -0.2) is 43.5 Å². The maximum atomic E-state index is 12.2. The second kappa shape index (κ2) is 5.36. The van der Waals surface area contributed by atoms with Gasteiger partial charge in [0.2, 0.25) is 0 Å². The van der Waals surface area contributed by atoms with Crippen molar-refractivity contribution in [2.24, 2.45) is 0 Å². The molecule has 1 aliphatic rings. The van der Waals surface area contributed by atoms with Gasteiger partial charge >= 0.3 is 0 Å². The van der Waals surface area contributed by atoms with Crippen molar-refractivity contribution >= 4 is 29.0 Å². The first-order valence-corrected chi connectivity index (χ1v) is 6.13. The highest BCUT2D eigenvalue weighted by Crippen LogP contribution is 2.23. The summed E-state index contributed by atoms with van der Waals surface area (Å²) in [7, 11) is 1.97. The number of carbonyl (C=O) groups is 1. The molecule has 0 bridgehead atoms. The summed E-state index contributed by atoms with van der Waals surface area (Å²) in [4.78, 5) is 14.2. The summed E-state index contributed by atoms with van der Waals surface area (Å²) in [6.45, 7) is 2.04. The topological polar surface area (TPSA) is 29.5 Å². The number of Topliss-reactive ketones (excluding diaryl/α,β-unsaturated/α-hetero) is 1. The molecule has 0 amide bonds. The third-order valence-electron chi connectivity index (χ3n) is 2.77. The Kier molecular flexibility index (Phi) is 4.05. The molecule has 1 aromatic carbocycles. The molecule has 0 spiro atoms. The molecule has 0 N–H and O–H groups in total. The van der Waals surface area contributed by atoms with E-state index in [2.05, 4.69) is 4.90 Å². The molecule has 5 heteroatoms. The highest BCUT2D eigenvalue weighted by atomic mass is 35.5. The van der Waals surface area contributed by atoms with Gasteiger partial charge in [0.1, 0.15) is 6.10 Å². The molecule has 1 aliphatic heterocycles. The minimum Gasteiger partial charge on any atom is -0.367 e. The molecule has 0 saturated carbocycles. The highest BCUT2D eigenvalue weighted by molar-refractivity contribution is 6.42. The van der Waals surface area contributed by atoms with E-state index in [4.69, 9.17) is 27.9 Å². The van der Waals surface area contributed by atoms with Crippen LogP contribution in [0.15, 0.2) is 18.2 Å². The molecule has 2 rings (SSSR count). The zero-order valence-electron chi connectivity index (χ0n) is 9.45. The predicted molar refractivity (Wildman–Crippen MR) is 68.0 cm³/mol. The van der Waals surface area contributed by atoms with E-state index in [0.29, 0.717) is 28.8 Å². The molecule has 0 aliphatic carbocycles. The van der Waals surface area contributed by atoms with Gasteiger partial charge in [0, 0.05) is 18.7 Å². The van der Waals surface area contributed by atoms with Crippen molar-refractivity contribution in [2.45, 2.75) is 6.10 Å². The third kappa shape index (κ3) is 2.99. The number of benzene rings is 1.